The molecule has 2 nitrogen and oxygen atoms in total. The second kappa shape index (κ2) is 2.71. The van der Waals surface area contributed by atoms with Crippen LogP contribution < -0.4 is 10.6 Å². The first-order valence-electron chi connectivity index (χ1n) is 3.58. The van der Waals surface area contributed by atoms with Gasteiger partial charge in [-0.25, -0.2) is 4.98 Å². The summed E-state index contributed by atoms with van der Waals surface area (Å²) in [5.41, 5.74) is 0. The summed E-state index contributed by atoms with van der Waals surface area (Å²) in [7, 11) is 0. The summed E-state index contributed by atoms with van der Waals surface area (Å²) >= 11 is 11.6. The van der Waals surface area contributed by atoms with Crippen LogP contribution in [-0.2, 0) is 0 Å². The van der Waals surface area contributed by atoms with Gasteiger partial charge in [-0.1, -0.05) is 23.2 Å². The van der Waals surface area contributed by atoms with Crippen LogP contribution in [-0.4, -0.2) is 11.0 Å². The molecular weight excluding hydrogens is 195 g/mol. The summed E-state index contributed by atoms with van der Waals surface area (Å²) in [4.78, 5) is 8.23. The lowest BCUT2D eigenvalue weighted by Gasteiger charge is -1.90. The average Bonchev–Trinajstić information content (AvgIpc) is 2.29. The minimum atomic E-state index is 0.178. The van der Waals surface area contributed by atoms with Crippen LogP contribution in [0.2, 0.25) is 10.3 Å². The lowest BCUT2D eigenvalue weighted by Crippen LogP contribution is -2.23. The third-order valence-corrected chi connectivity index (χ3v) is 2.19. The topological polar surface area (TPSA) is 25.2 Å². The zero-order valence-corrected chi connectivity index (χ0v) is 7.89. The molecule has 0 saturated heterocycles. The number of nitrogens with zero attached hydrogens (tertiary/aromatic N) is 2. The molecule has 0 saturated carbocycles. The maximum Gasteiger partial charge on any atom is 0.139 e. The number of aromatic nitrogens is 1. The molecule has 0 spiro atoms. The van der Waals surface area contributed by atoms with Crippen molar-refractivity contribution in [1.29, 1.82) is 0 Å². The van der Waals surface area contributed by atoms with Crippen LogP contribution in [0.5, 0.6) is 0 Å². The molecule has 1 aromatic rings. The number of hydrogen-bond donors (Lipinski definition) is 0. The summed E-state index contributed by atoms with van der Waals surface area (Å²) < 4.78 is 0. The van der Waals surface area contributed by atoms with Gasteiger partial charge in [-0.2, -0.15) is 0 Å². The third-order valence-electron chi connectivity index (χ3n) is 1.71. The molecule has 4 heteroatoms. The highest BCUT2D eigenvalue weighted by Crippen LogP contribution is 2.05. The highest BCUT2D eigenvalue weighted by molar-refractivity contribution is 6.32. The molecule has 1 aromatic heterocycles. The van der Waals surface area contributed by atoms with E-state index in [1.807, 2.05) is 13.0 Å². The van der Waals surface area contributed by atoms with E-state index < -0.39 is 0 Å². The normalized spacial score (nSPS) is 19.8. The van der Waals surface area contributed by atoms with E-state index in [-0.39, 0.29) is 6.04 Å². The molecule has 0 fully saturated rings. The number of hydrogen-bond acceptors (Lipinski definition) is 2. The zero-order valence-electron chi connectivity index (χ0n) is 6.38. The van der Waals surface area contributed by atoms with E-state index in [2.05, 4.69) is 9.98 Å². The van der Waals surface area contributed by atoms with E-state index in [4.69, 9.17) is 23.2 Å². The molecule has 0 bridgehead atoms. The fourth-order valence-corrected chi connectivity index (χ4v) is 1.72. The predicted molar refractivity (Wildman–Crippen MR) is 49.0 cm³/mol. The van der Waals surface area contributed by atoms with Crippen LogP contribution in [0, 0.1) is 0 Å². The van der Waals surface area contributed by atoms with Crippen molar-refractivity contribution in [1.82, 2.24) is 4.98 Å². The Morgan fingerprint density at radius 3 is 2.92 bits per heavy atom. The molecule has 0 radical (unpaired) electrons. The van der Waals surface area contributed by atoms with Crippen molar-refractivity contribution < 1.29 is 0 Å². The van der Waals surface area contributed by atoms with Crippen molar-refractivity contribution >= 4 is 29.3 Å². The first-order chi connectivity index (χ1) is 5.66. The van der Waals surface area contributed by atoms with Gasteiger partial charge in [0.15, 0.2) is 0 Å². The Hall–Kier alpha value is -0.600. The number of fused-ring (bicyclic) bond motifs is 1. The van der Waals surface area contributed by atoms with Gasteiger partial charge in [0.05, 0.1) is 11.4 Å². The van der Waals surface area contributed by atoms with Crippen molar-refractivity contribution in [3.05, 3.63) is 26.9 Å². The molecule has 2 heterocycles. The van der Waals surface area contributed by atoms with Crippen molar-refractivity contribution in [3.63, 3.8) is 0 Å². The van der Waals surface area contributed by atoms with Crippen LogP contribution in [0.15, 0.2) is 11.1 Å². The number of pyridine rings is 1. The van der Waals surface area contributed by atoms with Crippen LogP contribution in [0.4, 0.5) is 0 Å². The summed E-state index contributed by atoms with van der Waals surface area (Å²) in [6, 6.07) is 1.90. The maximum absolute atomic E-state index is 5.85. The largest absolute Gasteiger partial charge is 0.277 e. The van der Waals surface area contributed by atoms with Gasteiger partial charge in [-0.3, -0.25) is 4.99 Å². The van der Waals surface area contributed by atoms with Gasteiger partial charge in [0.25, 0.3) is 0 Å². The van der Waals surface area contributed by atoms with Crippen LogP contribution in [0.25, 0.3) is 6.08 Å². The minimum Gasteiger partial charge on any atom is -0.277 e. The van der Waals surface area contributed by atoms with Crippen molar-refractivity contribution in [2.45, 2.75) is 13.0 Å². The molecule has 1 aliphatic heterocycles. The van der Waals surface area contributed by atoms with Crippen molar-refractivity contribution in [2.75, 3.05) is 0 Å². The molecule has 12 heavy (non-hydrogen) atoms. The second-order valence-corrected chi connectivity index (χ2v) is 3.45. The highest BCUT2D eigenvalue weighted by atomic mass is 35.5. The van der Waals surface area contributed by atoms with Crippen molar-refractivity contribution in [3.8, 4) is 0 Å². The number of halogens is 2. The van der Waals surface area contributed by atoms with Crippen LogP contribution in [0.1, 0.15) is 6.92 Å². The van der Waals surface area contributed by atoms with Crippen molar-refractivity contribution in [2.24, 2.45) is 4.99 Å². The molecule has 0 amide bonds. The molecule has 62 valence electrons. The third kappa shape index (κ3) is 1.21. The van der Waals surface area contributed by atoms with E-state index in [9.17, 15) is 0 Å². The molecule has 2 rings (SSSR count). The fraction of sp³-hybridized carbons (Fsp3) is 0.250. The van der Waals surface area contributed by atoms with Gasteiger partial charge in [-0.05, 0) is 13.0 Å². The first-order valence-corrected chi connectivity index (χ1v) is 4.34. The van der Waals surface area contributed by atoms with E-state index in [1.165, 1.54) is 0 Å². The van der Waals surface area contributed by atoms with Crippen LogP contribution in [0.3, 0.4) is 0 Å². The summed E-state index contributed by atoms with van der Waals surface area (Å²) in [5, 5.41) is 2.57. The first kappa shape index (κ1) is 8.02. The molecule has 1 aliphatic rings. The lowest BCUT2D eigenvalue weighted by atomic mass is 10.3. The van der Waals surface area contributed by atoms with Gasteiger partial charge in [-0.15, -0.1) is 0 Å². The quantitative estimate of drug-likeness (QED) is 0.578. The Bertz CT molecular complexity index is 439. The average molecular weight is 201 g/mol. The van der Waals surface area contributed by atoms with Crippen LogP contribution >= 0.6 is 23.2 Å². The molecule has 0 unspecified atom stereocenters. The molecule has 0 N–H and O–H groups in total. The Morgan fingerprint density at radius 2 is 2.17 bits per heavy atom. The van der Waals surface area contributed by atoms with Gasteiger partial charge in [0, 0.05) is 11.3 Å². The monoisotopic (exact) mass is 200 g/mol. The van der Waals surface area contributed by atoms with E-state index in [1.54, 1.807) is 6.07 Å². The maximum atomic E-state index is 5.85. The van der Waals surface area contributed by atoms with Gasteiger partial charge < -0.3 is 0 Å². The van der Waals surface area contributed by atoms with Gasteiger partial charge in [0.1, 0.15) is 10.3 Å². The molecule has 1 atom stereocenters. The van der Waals surface area contributed by atoms with E-state index in [0.717, 1.165) is 10.6 Å². The Labute approximate surface area is 79.6 Å². The molecule has 0 aromatic carbocycles. The van der Waals surface area contributed by atoms with E-state index >= 15 is 0 Å². The Kier molecular flexibility index (Phi) is 1.81. The number of rotatable bonds is 0. The lowest BCUT2D eigenvalue weighted by molar-refractivity contribution is 0.954. The highest BCUT2D eigenvalue weighted by Gasteiger charge is 2.07. The summed E-state index contributed by atoms with van der Waals surface area (Å²) in [5.74, 6) is 0. The molecule has 0 aliphatic carbocycles. The van der Waals surface area contributed by atoms with Gasteiger partial charge >= 0.3 is 0 Å². The Morgan fingerprint density at radius 1 is 1.42 bits per heavy atom. The smallest absolute Gasteiger partial charge is 0.139 e. The fourth-order valence-electron chi connectivity index (χ4n) is 1.24. The SMILES string of the molecule is C[C@H]1C=c2c(Cl)nc(Cl)cc2=N1. The summed E-state index contributed by atoms with van der Waals surface area (Å²) in [6.07, 6.45) is 1.97. The molecular formula is C8H6Cl2N2. The van der Waals surface area contributed by atoms with E-state index in [0.29, 0.717) is 10.3 Å². The Balaban J connectivity index is 2.86. The predicted octanol–water partition coefficient (Wildman–Crippen LogP) is 1.19. The summed E-state index contributed by atoms with van der Waals surface area (Å²) in [6.45, 7) is 1.99. The standard InChI is InChI=1S/C8H6Cl2N2/c1-4-2-5-6(11-4)3-7(9)12-8(5)10/h2-4H,1H3/t4-/m0/s1. The second-order valence-electron chi connectivity index (χ2n) is 2.70. The minimum absolute atomic E-state index is 0.178. The van der Waals surface area contributed by atoms with Gasteiger partial charge in [0.2, 0.25) is 0 Å². The zero-order chi connectivity index (χ0) is 8.72.